The van der Waals surface area contributed by atoms with E-state index in [0.29, 0.717) is 43.1 Å². The molecule has 7 rings (SSSR count). The number of hydrogen-bond donors (Lipinski definition) is 1. The Morgan fingerprint density at radius 3 is 2.64 bits per heavy atom. The number of fused-ring (bicyclic) bond motifs is 3. The summed E-state index contributed by atoms with van der Waals surface area (Å²) in [6.07, 6.45) is 4.22. The molecule has 2 saturated carbocycles. The Kier molecular flexibility index (Phi) is 6.93. The molecule has 1 amide bonds. The average Bonchev–Trinajstić information content (AvgIpc) is 3.84. The van der Waals surface area contributed by atoms with Crippen molar-refractivity contribution in [2.45, 2.75) is 38.8 Å². The van der Waals surface area contributed by atoms with E-state index in [1.165, 1.54) is 0 Å². The molecule has 3 atom stereocenters. The summed E-state index contributed by atoms with van der Waals surface area (Å²) in [7, 11) is 4.18. The van der Waals surface area contributed by atoms with E-state index >= 15 is 0 Å². The van der Waals surface area contributed by atoms with Gasteiger partial charge < -0.3 is 24.5 Å². The van der Waals surface area contributed by atoms with Crippen LogP contribution < -0.4 is 9.64 Å². The molecule has 9 nitrogen and oxygen atoms in total. The summed E-state index contributed by atoms with van der Waals surface area (Å²) in [4.78, 5) is 30.2. The van der Waals surface area contributed by atoms with Gasteiger partial charge in [0.05, 0.1) is 42.9 Å². The van der Waals surface area contributed by atoms with Crippen LogP contribution in [-0.2, 0) is 13.1 Å². The number of phenolic OH excluding ortho intramolecular Hbond substituents is 1. The minimum Gasteiger partial charge on any atom is -0.508 e. The quantitative estimate of drug-likeness (QED) is 0.356. The largest absolute Gasteiger partial charge is 0.508 e. The van der Waals surface area contributed by atoms with E-state index in [-0.39, 0.29) is 23.0 Å². The summed E-state index contributed by atoms with van der Waals surface area (Å²) in [6, 6.07) is 12.0. The molecule has 1 saturated heterocycles. The molecule has 3 aromatic rings. The number of rotatable bonds is 7. The first kappa shape index (κ1) is 27.7. The molecule has 1 N–H and O–H groups in total. The molecular formula is C32H35IN6O3. The second-order valence-electron chi connectivity index (χ2n) is 12.8. The van der Waals surface area contributed by atoms with Crippen LogP contribution in [0.25, 0.3) is 10.8 Å². The van der Waals surface area contributed by atoms with Gasteiger partial charge in [-0.15, -0.1) is 0 Å². The SMILES string of the molecule is CN(C)CC1(COc2nc3c(c(N4CC[C@@H]5C(C#N)[C@@H]5CC4)n2)CN(C(=O)c2cc(O)cc4cccc(I)c24)C3)CC1. The van der Waals surface area contributed by atoms with Crippen molar-refractivity contribution in [2.24, 2.45) is 23.2 Å². The summed E-state index contributed by atoms with van der Waals surface area (Å²) in [5, 5.41) is 21.6. The molecule has 1 aromatic heterocycles. The van der Waals surface area contributed by atoms with Gasteiger partial charge >= 0.3 is 6.01 Å². The average molecular weight is 679 g/mol. The van der Waals surface area contributed by atoms with Gasteiger partial charge in [0.25, 0.3) is 5.91 Å². The first-order chi connectivity index (χ1) is 20.2. The molecular weight excluding hydrogens is 643 g/mol. The van der Waals surface area contributed by atoms with Crippen molar-refractivity contribution in [1.82, 2.24) is 19.8 Å². The molecule has 1 unspecified atom stereocenters. The second-order valence-corrected chi connectivity index (χ2v) is 14.0. The van der Waals surface area contributed by atoms with Crippen molar-refractivity contribution < 1.29 is 14.6 Å². The van der Waals surface area contributed by atoms with Crippen LogP contribution in [-0.4, -0.2) is 71.1 Å². The van der Waals surface area contributed by atoms with Crippen molar-refractivity contribution in [2.75, 3.05) is 45.2 Å². The highest BCUT2D eigenvalue weighted by Crippen LogP contribution is 2.52. The van der Waals surface area contributed by atoms with Crippen molar-refractivity contribution in [3.05, 3.63) is 50.7 Å². The standard InChI is InChI=1S/C32H35IN6O3/c1-37(2)17-32(8-9-32)18-42-31-35-27-16-39(30(41)23-13-20(40)12-19-4-3-5-26(33)28(19)23)15-25(27)29(36-31)38-10-6-21-22(7-11-38)24(21)14-34/h3-5,12-13,21-22,24,40H,6-11,15-18H2,1-2H3/t21-,22+,24?. The smallest absolute Gasteiger partial charge is 0.318 e. The lowest BCUT2D eigenvalue weighted by atomic mass is 10.0. The maximum Gasteiger partial charge on any atom is 0.318 e. The molecule has 2 aliphatic carbocycles. The highest BCUT2D eigenvalue weighted by molar-refractivity contribution is 14.1. The molecule has 0 radical (unpaired) electrons. The van der Waals surface area contributed by atoms with Gasteiger partial charge in [0.15, 0.2) is 0 Å². The van der Waals surface area contributed by atoms with Crippen LogP contribution in [0.2, 0.25) is 0 Å². The number of carbonyl (C=O) groups excluding carboxylic acids is 1. The van der Waals surface area contributed by atoms with E-state index < -0.39 is 0 Å². The molecule has 218 valence electrons. The predicted octanol–water partition coefficient (Wildman–Crippen LogP) is 4.80. The summed E-state index contributed by atoms with van der Waals surface area (Å²) < 4.78 is 7.26. The second kappa shape index (κ2) is 10.5. The number of anilines is 1. The van der Waals surface area contributed by atoms with Crippen molar-refractivity contribution in [3.8, 4) is 17.8 Å². The summed E-state index contributed by atoms with van der Waals surface area (Å²) in [5.74, 6) is 1.95. The van der Waals surface area contributed by atoms with Gasteiger partial charge in [-0.25, -0.2) is 0 Å². The van der Waals surface area contributed by atoms with E-state index in [1.54, 1.807) is 17.0 Å². The lowest BCUT2D eigenvalue weighted by Gasteiger charge is -2.25. The first-order valence-corrected chi connectivity index (χ1v) is 15.9. The van der Waals surface area contributed by atoms with Gasteiger partial charge in [0.1, 0.15) is 11.6 Å². The van der Waals surface area contributed by atoms with Gasteiger partial charge in [-0.05, 0) is 97.8 Å². The number of ether oxygens (including phenoxy) is 1. The number of phenols is 1. The Balaban J connectivity index is 1.19. The lowest BCUT2D eigenvalue weighted by molar-refractivity contribution is 0.0752. The summed E-state index contributed by atoms with van der Waals surface area (Å²) in [5.41, 5.74) is 2.43. The predicted molar refractivity (Wildman–Crippen MR) is 167 cm³/mol. The monoisotopic (exact) mass is 678 g/mol. The lowest BCUT2D eigenvalue weighted by Crippen LogP contribution is -2.29. The van der Waals surface area contributed by atoms with Crippen molar-refractivity contribution in [3.63, 3.8) is 0 Å². The third-order valence-electron chi connectivity index (χ3n) is 9.53. The molecule has 0 bridgehead atoms. The molecule has 10 heteroatoms. The number of halogens is 1. The third-order valence-corrected chi connectivity index (χ3v) is 10.4. The van der Waals surface area contributed by atoms with E-state index in [0.717, 1.165) is 76.7 Å². The Labute approximate surface area is 259 Å². The summed E-state index contributed by atoms with van der Waals surface area (Å²) in [6.45, 7) is 3.97. The van der Waals surface area contributed by atoms with Crippen molar-refractivity contribution >= 4 is 45.1 Å². The van der Waals surface area contributed by atoms with E-state index in [1.807, 2.05) is 18.2 Å². The minimum absolute atomic E-state index is 0.0752. The van der Waals surface area contributed by atoms with E-state index in [9.17, 15) is 15.2 Å². The van der Waals surface area contributed by atoms with E-state index in [2.05, 4.69) is 52.6 Å². The number of nitriles is 1. The molecule has 2 aliphatic heterocycles. The number of benzene rings is 2. The fourth-order valence-electron chi connectivity index (χ4n) is 7.16. The van der Waals surface area contributed by atoms with Crippen LogP contribution in [0, 0.1) is 38.1 Å². The topological polar surface area (TPSA) is 106 Å². The molecule has 0 spiro atoms. The number of nitrogens with zero attached hydrogens (tertiary/aromatic N) is 6. The molecule has 3 fully saturated rings. The number of carbonyl (C=O) groups is 1. The Morgan fingerprint density at radius 2 is 1.95 bits per heavy atom. The highest BCUT2D eigenvalue weighted by atomic mass is 127. The molecule has 42 heavy (non-hydrogen) atoms. The number of aromatic hydroxyl groups is 1. The van der Waals surface area contributed by atoms with Gasteiger partial charge in [-0.1, -0.05) is 12.1 Å². The van der Waals surface area contributed by atoms with Crippen LogP contribution in [0.4, 0.5) is 5.82 Å². The zero-order chi connectivity index (χ0) is 29.2. The minimum atomic E-state index is -0.136. The van der Waals surface area contributed by atoms with Crippen LogP contribution in [0.3, 0.4) is 0 Å². The van der Waals surface area contributed by atoms with Crippen LogP contribution >= 0.6 is 22.6 Å². The summed E-state index contributed by atoms with van der Waals surface area (Å²) >= 11 is 2.25. The van der Waals surface area contributed by atoms with E-state index in [4.69, 9.17) is 14.7 Å². The zero-order valence-corrected chi connectivity index (χ0v) is 26.2. The van der Waals surface area contributed by atoms with Crippen molar-refractivity contribution in [1.29, 1.82) is 5.26 Å². The van der Waals surface area contributed by atoms with Gasteiger partial charge in [0.2, 0.25) is 0 Å². The first-order valence-electron chi connectivity index (χ1n) is 14.8. The Morgan fingerprint density at radius 1 is 1.19 bits per heavy atom. The maximum absolute atomic E-state index is 14.0. The van der Waals surface area contributed by atoms with Gasteiger partial charge in [0, 0.05) is 39.6 Å². The highest BCUT2D eigenvalue weighted by Gasteiger charge is 2.51. The molecule has 3 heterocycles. The molecule has 4 aliphatic rings. The fraction of sp³-hybridized carbons (Fsp3) is 0.500. The van der Waals surface area contributed by atoms with Gasteiger partial charge in [-0.3, -0.25) is 4.79 Å². The normalized spacial score (nSPS) is 23.7. The van der Waals surface area contributed by atoms with Crippen LogP contribution in [0.15, 0.2) is 30.3 Å². The Bertz CT molecular complexity index is 1600. The number of aromatic nitrogens is 2. The van der Waals surface area contributed by atoms with Crippen LogP contribution in [0.1, 0.15) is 47.3 Å². The number of hydrogen-bond acceptors (Lipinski definition) is 8. The third kappa shape index (κ3) is 5.04. The zero-order valence-electron chi connectivity index (χ0n) is 24.0. The number of amides is 1. The fourth-order valence-corrected chi connectivity index (χ4v) is 7.97. The maximum atomic E-state index is 14.0. The Hall–Kier alpha value is -3.17. The van der Waals surface area contributed by atoms with Crippen LogP contribution in [0.5, 0.6) is 11.8 Å². The van der Waals surface area contributed by atoms with Gasteiger partial charge in [-0.2, -0.15) is 15.2 Å². The molecule has 2 aromatic carbocycles.